The number of hydrogen-bond acceptors (Lipinski definition) is 9. The van der Waals surface area contributed by atoms with Gasteiger partial charge in [-0.25, -0.2) is 4.98 Å². The van der Waals surface area contributed by atoms with E-state index in [0.29, 0.717) is 22.7 Å². The van der Waals surface area contributed by atoms with Crippen LogP contribution >= 0.6 is 11.8 Å². The second kappa shape index (κ2) is 10.3. The first-order valence-electron chi connectivity index (χ1n) is 10.9. The molecule has 4 aromatic rings. The van der Waals surface area contributed by atoms with Crippen LogP contribution in [0.15, 0.2) is 64.1 Å². The third kappa shape index (κ3) is 4.63. The van der Waals surface area contributed by atoms with E-state index in [1.807, 2.05) is 30.3 Å². The molecular weight excluding hydrogens is 476 g/mol. The highest BCUT2D eigenvalue weighted by atomic mass is 32.2. The lowest BCUT2D eigenvalue weighted by molar-refractivity contribution is -0.672. The predicted octanol–water partition coefficient (Wildman–Crippen LogP) is 3.51. The minimum atomic E-state index is -0.872. The molecule has 178 valence electrons. The number of nitrogens with zero attached hydrogens (tertiary/aromatic N) is 5. The molecule has 0 atom stereocenters. The molecule has 36 heavy (non-hydrogen) atoms. The van der Waals surface area contributed by atoms with Crippen LogP contribution in [0, 0.1) is 22.7 Å². The summed E-state index contributed by atoms with van der Waals surface area (Å²) in [7, 11) is 0. The summed E-state index contributed by atoms with van der Waals surface area (Å²) in [6.45, 7) is 4.13. The molecule has 9 nitrogen and oxygen atoms in total. The number of pyridine rings is 1. The molecule has 10 heteroatoms. The number of Topliss-reactive ketones (excluding diaryl/α,β-unsaturated/α-hetero) is 1. The summed E-state index contributed by atoms with van der Waals surface area (Å²) in [5.74, 6) is -1.41. The van der Waals surface area contributed by atoms with Crippen molar-refractivity contribution >= 4 is 23.4 Å². The van der Waals surface area contributed by atoms with Crippen molar-refractivity contribution in [2.75, 3.05) is 11.5 Å². The fraction of sp³-hybridized carbons (Fsp3) is 0.154. The van der Waals surface area contributed by atoms with Crippen molar-refractivity contribution in [1.82, 2.24) is 10.3 Å². The molecule has 4 rings (SSSR count). The molecular formula is C26H20N6O3S. The maximum absolute atomic E-state index is 13.0. The van der Waals surface area contributed by atoms with E-state index in [2.05, 4.69) is 30.2 Å². The first-order valence-corrected chi connectivity index (χ1v) is 11.9. The van der Waals surface area contributed by atoms with Gasteiger partial charge in [-0.15, -0.1) is 0 Å². The third-order valence-electron chi connectivity index (χ3n) is 5.50. The second-order valence-electron chi connectivity index (χ2n) is 8.10. The standard InChI is InChI=1S/C26H20N6O3S/c1-15(2)16-8-10-17(11-9-16)22-19(12-27)24(29)30-25(20(22)13-28)36-14-21(33)23-26(34)35-31-32(23)18-6-4-3-5-7-18/h3-11,15H,14H2,1-2H3,(H2-,29,30,31,33,34). The Kier molecular flexibility index (Phi) is 7.00. The van der Waals surface area contributed by atoms with E-state index in [1.54, 1.807) is 30.3 Å². The quantitative estimate of drug-likeness (QED) is 0.230. The Morgan fingerprint density at radius 1 is 1.11 bits per heavy atom. The first-order chi connectivity index (χ1) is 17.3. The van der Waals surface area contributed by atoms with Crippen LogP contribution in [0.4, 0.5) is 5.82 Å². The zero-order valence-electron chi connectivity index (χ0n) is 19.4. The van der Waals surface area contributed by atoms with Gasteiger partial charge >= 0.3 is 5.69 Å². The number of carbonyl (C=O) groups excluding carboxylic acids is 1. The smallest absolute Gasteiger partial charge is 0.307 e. The van der Waals surface area contributed by atoms with Crippen LogP contribution < -0.4 is 15.5 Å². The van der Waals surface area contributed by atoms with Crippen molar-refractivity contribution in [3.63, 3.8) is 0 Å². The van der Waals surface area contributed by atoms with Gasteiger partial charge in [0, 0.05) is 17.7 Å². The molecule has 0 amide bonds. The molecule has 0 saturated heterocycles. The van der Waals surface area contributed by atoms with Gasteiger partial charge in [-0.3, -0.25) is 4.79 Å². The number of nitrogen functional groups attached to an aromatic ring is 1. The molecule has 0 saturated carbocycles. The van der Waals surface area contributed by atoms with Crippen LogP contribution in [0.2, 0.25) is 0 Å². The van der Waals surface area contributed by atoms with Crippen molar-refractivity contribution in [2.24, 2.45) is 0 Å². The molecule has 0 aliphatic carbocycles. The highest BCUT2D eigenvalue weighted by Crippen LogP contribution is 2.36. The number of anilines is 1. The molecule has 2 aromatic carbocycles. The molecule has 2 aromatic heterocycles. The van der Waals surface area contributed by atoms with Gasteiger partial charge in [-0.1, -0.05) is 68.1 Å². The number of carbonyl (C=O) groups is 1. The minimum Gasteiger partial charge on any atom is -0.539 e. The number of benzene rings is 2. The monoisotopic (exact) mass is 496 g/mol. The Balaban J connectivity index is 1.70. The van der Waals surface area contributed by atoms with Crippen LogP contribution in [0.5, 0.6) is 5.95 Å². The molecule has 2 heterocycles. The van der Waals surface area contributed by atoms with E-state index in [4.69, 9.17) is 10.3 Å². The van der Waals surface area contributed by atoms with Gasteiger partial charge in [-0.05, 0) is 21.7 Å². The maximum Gasteiger partial charge on any atom is 0.307 e. The SMILES string of the molecule is CC(C)c1ccc(-c2c(C#N)c(N)nc(SCC(=O)c3c([O-])on[n+]3-c3ccccc3)c2C#N)cc1. The Bertz CT molecular complexity index is 1520. The van der Waals surface area contributed by atoms with Crippen LogP contribution in [0.1, 0.15) is 46.9 Å². The predicted molar refractivity (Wildman–Crippen MR) is 130 cm³/mol. The molecule has 0 bridgehead atoms. The Labute approximate surface area is 211 Å². The summed E-state index contributed by atoms with van der Waals surface area (Å²) < 4.78 is 5.86. The number of ketones is 1. The number of hydrogen-bond donors (Lipinski definition) is 1. The summed E-state index contributed by atoms with van der Waals surface area (Å²) >= 11 is 0.947. The summed E-state index contributed by atoms with van der Waals surface area (Å²) in [5, 5.41) is 35.8. The van der Waals surface area contributed by atoms with Gasteiger partial charge in [0.15, 0.2) is 5.95 Å². The van der Waals surface area contributed by atoms with Crippen LogP contribution in [-0.4, -0.2) is 21.8 Å². The molecule has 0 radical (unpaired) electrons. The number of nitrogens with two attached hydrogens (primary N) is 1. The molecule has 2 N–H and O–H groups in total. The van der Waals surface area contributed by atoms with Crippen LogP contribution in [0.3, 0.4) is 0 Å². The number of nitriles is 2. The first kappa shape index (κ1) is 24.5. The average molecular weight is 497 g/mol. The molecule has 0 spiro atoms. The van der Waals surface area contributed by atoms with E-state index in [-0.39, 0.29) is 33.4 Å². The average Bonchev–Trinajstić information content (AvgIpc) is 3.28. The molecule has 0 unspecified atom stereocenters. The Morgan fingerprint density at radius 3 is 2.39 bits per heavy atom. The zero-order valence-corrected chi connectivity index (χ0v) is 20.2. The summed E-state index contributed by atoms with van der Waals surface area (Å²) in [6.07, 6.45) is 0. The number of para-hydroxylation sites is 1. The highest BCUT2D eigenvalue weighted by Gasteiger charge is 2.28. The van der Waals surface area contributed by atoms with Gasteiger partial charge in [-0.2, -0.15) is 10.5 Å². The normalized spacial score (nSPS) is 10.7. The lowest BCUT2D eigenvalue weighted by Gasteiger charge is -2.13. The highest BCUT2D eigenvalue weighted by molar-refractivity contribution is 8.00. The van der Waals surface area contributed by atoms with Crippen molar-refractivity contribution in [2.45, 2.75) is 24.8 Å². The van der Waals surface area contributed by atoms with Gasteiger partial charge < -0.3 is 15.4 Å². The molecule has 0 fully saturated rings. The minimum absolute atomic E-state index is 0.0526. The second-order valence-corrected chi connectivity index (χ2v) is 9.06. The van der Waals surface area contributed by atoms with E-state index in [1.165, 1.54) is 0 Å². The van der Waals surface area contributed by atoms with Crippen molar-refractivity contribution in [1.29, 1.82) is 10.5 Å². The van der Waals surface area contributed by atoms with Gasteiger partial charge in [0.1, 0.15) is 28.5 Å². The number of aromatic nitrogens is 3. The van der Waals surface area contributed by atoms with Crippen LogP contribution in [0.25, 0.3) is 16.8 Å². The Hall–Kier alpha value is -4.67. The van der Waals surface area contributed by atoms with Gasteiger partial charge in [0.05, 0.1) is 16.6 Å². The van der Waals surface area contributed by atoms with Gasteiger partial charge in [0.2, 0.25) is 11.5 Å². The largest absolute Gasteiger partial charge is 0.539 e. The van der Waals surface area contributed by atoms with Gasteiger partial charge in [0.25, 0.3) is 0 Å². The van der Waals surface area contributed by atoms with Crippen molar-refractivity contribution in [3.05, 3.63) is 77.0 Å². The lowest BCUT2D eigenvalue weighted by Crippen LogP contribution is -2.39. The lowest BCUT2D eigenvalue weighted by atomic mass is 9.94. The summed E-state index contributed by atoms with van der Waals surface area (Å²) in [5.41, 5.74) is 8.62. The summed E-state index contributed by atoms with van der Waals surface area (Å²) in [6, 6.07) is 20.3. The maximum atomic E-state index is 13.0. The van der Waals surface area contributed by atoms with E-state index < -0.39 is 11.7 Å². The zero-order chi connectivity index (χ0) is 25.8. The third-order valence-corrected chi connectivity index (χ3v) is 6.47. The summed E-state index contributed by atoms with van der Waals surface area (Å²) in [4.78, 5) is 17.2. The number of thioether (sulfide) groups is 1. The number of rotatable bonds is 7. The van der Waals surface area contributed by atoms with Crippen molar-refractivity contribution < 1.29 is 19.1 Å². The topological polar surface area (TPSA) is 157 Å². The van der Waals surface area contributed by atoms with E-state index in [9.17, 15) is 20.4 Å². The van der Waals surface area contributed by atoms with E-state index >= 15 is 0 Å². The fourth-order valence-corrected chi connectivity index (χ4v) is 4.51. The van der Waals surface area contributed by atoms with Crippen LogP contribution in [-0.2, 0) is 0 Å². The Morgan fingerprint density at radius 2 is 1.78 bits per heavy atom. The molecule has 0 aliphatic rings. The molecule has 0 aliphatic heterocycles. The fourth-order valence-electron chi connectivity index (χ4n) is 3.65. The van der Waals surface area contributed by atoms with E-state index in [0.717, 1.165) is 22.0 Å². The van der Waals surface area contributed by atoms with Crippen molar-refractivity contribution in [3.8, 4) is 34.9 Å².